The van der Waals surface area contributed by atoms with Gasteiger partial charge in [-0.3, -0.25) is 9.58 Å². The van der Waals surface area contributed by atoms with Crippen molar-refractivity contribution in [1.82, 2.24) is 29.3 Å². The van der Waals surface area contributed by atoms with E-state index in [4.69, 9.17) is 9.72 Å². The molecule has 2 bridgehead atoms. The van der Waals surface area contributed by atoms with Crippen LogP contribution in [-0.4, -0.2) is 53.1 Å². The Bertz CT molecular complexity index is 1150. The summed E-state index contributed by atoms with van der Waals surface area (Å²) < 4.78 is 9.29. The molecule has 5 rings (SSSR count). The predicted molar refractivity (Wildman–Crippen MR) is 113 cm³/mol. The summed E-state index contributed by atoms with van der Waals surface area (Å²) in [6.45, 7) is 5.71. The van der Waals surface area contributed by atoms with Crippen LogP contribution in [0.5, 0.6) is 0 Å². The average molecular weight is 406 g/mol. The Kier molecular flexibility index (Phi) is 4.20. The Morgan fingerprint density at radius 2 is 2.03 bits per heavy atom. The molecule has 156 valence electrons. The quantitative estimate of drug-likeness (QED) is 0.649. The second-order valence-electron chi connectivity index (χ2n) is 9.12. The molecule has 1 amide bonds. The van der Waals surface area contributed by atoms with Gasteiger partial charge in [0, 0.05) is 24.8 Å². The highest BCUT2D eigenvalue weighted by Gasteiger charge is 2.42. The van der Waals surface area contributed by atoms with Gasteiger partial charge in [0.1, 0.15) is 5.60 Å². The number of carbonyl (C=O) groups excluding carboxylic acids is 1. The van der Waals surface area contributed by atoms with E-state index in [0.717, 1.165) is 41.7 Å². The summed E-state index contributed by atoms with van der Waals surface area (Å²) in [5.41, 5.74) is 4.35. The molecule has 2 aliphatic heterocycles. The Morgan fingerprint density at radius 1 is 1.20 bits per heavy atom. The van der Waals surface area contributed by atoms with Crippen LogP contribution in [-0.2, 0) is 11.8 Å². The lowest BCUT2D eigenvalue weighted by Gasteiger charge is -2.35. The van der Waals surface area contributed by atoms with E-state index in [-0.39, 0.29) is 18.2 Å². The summed E-state index contributed by atoms with van der Waals surface area (Å²) in [4.78, 5) is 19.7. The van der Waals surface area contributed by atoms with Crippen molar-refractivity contribution in [3.63, 3.8) is 0 Å². The van der Waals surface area contributed by atoms with Crippen LogP contribution < -0.4 is 0 Å². The molecule has 1 saturated heterocycles. The van der Waals surface area contributed by atoms with Crippen LogP contribution in [0.15, 0.2) is 36.9 Å². The maximum Gasteiger partial charge on any atom is 0.411 e. The number of fused-ring (bicyclic) bond motifs is 3. The smallest absolute Gasteiger partial charge is 0.411 e. The first-order chi connectivity index (χ1) is 14.3. The van der Waals surface area contributed by atoms with Gasteiger partial charge >= 0.3 is 6.09 Å². The highest BCUT2D eigenvalue weighted by atomic mass is 16.6. The maximum atomic E-state index is 12.8. The van der Waals surface area contributed by atoms with Crippen LogP contribution in [0.2, 0.25) is 0 Å². The number of amides is 1. The Morgan fingerprint density at radius 3 is 2.73 bits per heavy atom. The number of hydrogen-bond acceptors (Lipinski definition) is 5. The fraction of sp³-hybridized carbons (Fsp3) is 0.455. The first-order valence-corrected chi connectivity index (χ1v) is 10.3. The summed E-state index contributed by atoms with van der Waals surface area (Å²) in [5, 5.41) is 8.71. The molecule has 1 fully saturated rings. The van der Waals surface area contributed by atoms with E-state index in [2.05, 4.69) is 16.3 Å². The first kappa shape index (κ1) is 18.8. The van der Waals surface area contributed by atoms with Crippen molar-refractivity contribution in [3.05, 3.63) is 42.6 Å². The number of aromatic nitrogens is 5. The lowest BCUT2D eigenvalue weighted by Crippen LogP contribution is -2.45. The van der Waals surface area contributed by atoms with E-state index < -0.39 is 5.60 Å². The van der Waals surface area contributed by atoms with Gasteiger partial charge in [-0.05, 0) is 51.7 Å². The zero-order chi connectivity index (χ0) is 21.0. The molecule has 3 aromatic rings. The van der Waals surface area contributed by atoms with Gasteiger partial charge in [0.25, 0.3) is 0 Å². The molecule has 5 heterocycles. The topological polar surface area (TPSA) is 77.5 Å². The maximum absolute atomic E-state index is 12.8. The number of carbonyl (C=O) groups is 1. The minimum Gasteiger partial charge on any atom is -0.444 e. The molecule has 2 unspecified atom stereocenters. The summed E-state index contributed by atoms with van der Waals surface area (Å²) in [6.07, 6.45) is 12.1. The second kappa shape index (κ2) is 6.68. The Balaban J connectivity index is 1.53. The molecule has 8 nitrogen and oxygen atoms in total. The lowest BCUT2D eigenvalue weighted by atomic mass is 9.97. The van der Waals surface area contributed by atoms with Gasteiger partial charge in [0.15, 0.2) is 0 Å². The third-order valence-corrected chi connectivity index (χ3v) is 5.69. The number of rotatable bonds is 2. The van der Waals surface area contributed by atoms with Crippen molar-refractivity contribution in [2.45, 2.75) is 57.7 Å². The van der Waals surface area contributed by atoms with Crippen LogP contribution in [0.1, 0.15) is 45.7 Å². The Hall–Kier alpha value is -3.16. The van der Waals surface area contributed by atoms with Crippen molar-refractivity contribution in [3.8, 4) is 11.3 Å². The van der Waals surface area contributed by atoms with Crippen LogP contribution >= 0.6 is 0 Å². The standard InChI is InChI=1S/C22H26N6O2/c1-22(2,3)30-21(29)28-16-5-6-17(28)10-14(9-16)20-19-7-8-23-27(19)13-18(25-20)15-11-24-26(4)12-15/h7-9,11-13,16-17H,5-6,10H2,1-4H3. The molecule has 0 aliphatic carbocycles. The first-order valence-electron chi connectivity index (χ1n) is 10.3. The largest absolute Gasteiger partial charge is 0.444 e. The molecule has 2 atom stereocenters. The summed E-state index contributed by atoms with van der Waals surface area (Å²) in [7, 11) is 1.89. The van der Waals surface area contributed by atoms with Crippen molar-refractivity contribution in [1.29, 1.82) is 0 Å². The molecule has 2 aliphatic rings. The molecule has 8 heteroatoms. The van der Waals surface area contributed by atoms with Crippen molar-refractivity contribution in [2.24, 2.45) is 7.05 Å². The van der Waals surface area contributed by atoms with E-state index in [1.807, 2.05) is 61.9 Å². The van der Waals surface area contributed by atoms with Crippen molar-refractivity contribution in [2.75, 3.05) is 0 Å². The summed E-state index contributed by atoms with van der Waals surface area (Å²) >= 11 is 0. The van der Waals surface area contributed by atoms with Crippen LogP contribution in [0.25, 0.3) is 22.3 Å². The fourth-order valence-electron chi connectivity index (χ4n) is 4.46. The highest BCUT2D eigenvalue weighted by molar-refractivity contribution is 5.80. The molecule has 0 aromatic carbocycles. The van der Waals surface area contributed by atoms with Crippen LogP contribution in [0.3, 0.4) is 0 Å². The van der Waals surface area contributed by atoms with Gasteiger partial charge in [-0.1, -0.05) is 6.08 Å². The Labute approximate surface area is 175 Å². The monoisotopic (exact) mass is 406 g/mol. The minimum atomic E-state index is -0.496. The molecule has 0 N–H and O–H groups in total. The molecular formula is C22H26N6O2. The van der Waals surface area contributed by atoms with Gasteiger partial charge in [0.05, 0.1) is 41.5 Å². The fourth-order valence-corrected chi connectivity index (χ4v) is 4.46. The van der Waals surface area contributed by atoms with E-state index >= 15 is 0 Å². The van der Waals surface area contributed by atoms with Crippen molar-refractivity contribution < 1.29 is 9.53 Å². The lowest BCUT2D eigenvalue weighted by molar-refractivity contribution is 0.0175. The SMILES string of the molecule is Cn1cc(-c2cn3nccc3c(C3=CC4CCC(C3)N4C(=O)OC(C)(C)C)n2)cn1. The molecule has 3 aromatic heterocycles. The van der Waals surface area contributed by atoms with E-state index in [1.165, 1.54) is 5.57 Å². The van der Waals surface area contributed by atoms with Crippen molar-refractivity contribution >= 4 is 17.2 Å². The zero-order valence-corrected chi connectivity index (χ0v) is 17.7. The number of hydrogen-bond donors (Lipinski definition) is 0. The number of ether oxygens (including phenoxy) is 1. The molecule has 0 radical (unpaired) electrons. The normalized spacial score (nSPS) is 21.2. The molecular weight excluding hydrogens is 380 g/mol. The van der Waals surface area contributed by atoms with E-state index in [9.17, 15) is 4.79 Å². The zero-order valence-electron chi connectivity index (χ0n) is 17.7. The van der Waals surface area contributed by atoms with Gasteiger partial charge < -0.3 is 4.74 Å². The van der Waals surface area contributed by atoms with E-state index in [0.29, 0.717) is 0 Å². The molecule has 0 spiro atoms. The van der Waals surface area contributed by atoms with Crippen LogP contribution in [0.4, 0.5) is 4.79 Å². The van der Waals surface area contributed by atoms with Gasteiger partial charge in [-0.15, -0.1) is 0 Å². The summed E-state index contributed by atoms with van der Waals surface area (Å²) in [5.74, 6) is 0. The predicted octanol–water partition coefficient (Wildman–Crippen LogP) is 3.69. The third-order valence-electron chi connectivity index (χ3n) is 5.69. The average Bonchev–Trinajstić information content (AvgIpc) is 3.37. The minimum absolute atomic E-state index is 0.0421. The van der Waals surface area contributed by atoms with Crippen LogP contribution in [0, 0.1) is 0 Å². The van der Waals surface area contributed by atoms with Gasteiger partial charge in [-0.2, -0.15) is 10.2 Å². The molecule has 0 saturated carbocycles. The molecule has 30 heavy (non-hydrogen) atoms. The highest BCUT2D eigenvalue weighted by Crippen LogP contribution is 2.40. The summed E-state index contributed by atoms with van der Waals surface area (Å²) in [6, 6.07) is 2.16. The van der Waals surface area contributed by atoms with Gasteiger partial charge in [0.2, 0.25) is 0 Å². The van der Waals surface area contributed by atoms with E-state index in [1.54, 1.807) is 10.9 Å². The third kappa shape index (κ3) is 3.26. The number of aryl methyl sites for hydroxylation is 1. The number of nitrogens with zero attached hydrogens (tertiary/aromatic N) is 6. The van der Waals surface area contributed by atoms with Gasteiger partial charge in [-0.25, -0.2) is 14.3 Å². The second-order valence-corrected chi connectivity index (χ2v) is 9.12.